The van der Waals surface area contributed by atoms with Crippen molar-refractivity contribution in [3.05, 3.63) is 149 Å². The Morgan fingerprint density at radius 1 is 0.638 bits per heavy atom. The van der Waals surface area contributed by atoms with Gasteiger partial charge in [-0.15, -0.1) is 0 Å². The van der Waals surface area contributed by atoms with E-state index in [1.165, 1.54) is 36.4 Å². The molecule has 234 valence electrons. The Balaban J connectivity index is 2.15. The average molecular weight is 651 g/mol. The third-order valence-electron chi connectivity index (χ3n) is 7.93. The summed E-state index contributed by atoms with van der Waals surface area (Å²) >= 11 is 0. The molecule has 0 heterocycles. The zero-order valence-electron chi connectivity index (χ0n) is 23.7. The van der Waals surface area contributed by atoms with Crippen molar-refractivity contribution in [1.82, 2.24) is 0 Å². The number of aryl methyl sites for hydroxylation is 1. The lowest BCUT2D eigenvalue weighted by Crippen LogP contribution is -2.36. The first-order valence-corrected chi connectivity index (χ1v) is 13.3. The summed E-state index contributed by atoms with van der Waals surface area (Å²) in [6.45, 7) is 16.6. The molecule has 0 atom stereocenters. The Morgan fingerprint density at radius 3 is 1.43 bits per heavy atom. The molecule has 13 heteroatoms. The summed E-state index contributed by atoms with van der Waals surface area (Å²) in [5.41, 5.74) is -8.51. The lowest BCUT2D eigenvalue weighted by Gasteiger charge is -2.19. The maximum atomic E-state index is 15.3. The van der Waals surface area contributed by atoms with Gasteiger partial charge in [0.1, 0.15) is 30.9 Å². The molecule has 0 fully saturated rings. The van der Waals surface area contributed by atoms with Crippen LogP contribution in [0, 0.1) is 42.7 Å². The molecule has 0 aliphatic heterocycles. The molecular formula is C34H15F9N4. The molecule has 0 amide bonds. The average Bonchev–Trinajstić information content (AvgIpc) is 3.55. The first kappa shape index (κ1) is 32.6. The van der Waals surface area contributed by atoms with Crippen molar-refractivity contribution in [2.75, 3.05) is 0 Å². The van der Waals surface area contributed by atoms with Gasteiger partial charge < -0.3 is 0 Å². The fourth-order valence-corrected chi connectivity index (χ4v) is 6.12. The molecule has 0 aromatic heterocycles. The van der Waals surface area contributed by atoms with Crippen LogP contribution in [0.5, 0.6) is 0 Å². The Bertz CT molecular complexity index is 2190. The van der Waals surface area contributed by atoms with E-state index in [2.05, 4.69) is 9.69 Å². The highest BCUT2D eigenvalue weighted by Crippen LogP contribution is 2.45. The van der Waals surface area contributed by atoms with Crippen molar-refractivity contribution >= 4 is 11.1 Å². The van der Waals surface area contributed by atoms with Crippen molar-refractivity contribution < 1.29 is 39.5 Å². The van der Waals surface area contributed by atoms with Gasteiger partial charge in [0.2, 0.25) is 0 Å². The first-order chi connectivity index (χ1) is 22.0. The topological polar surface area (TPSA) is 56.3 Å². The second-order valence-electron chi connectivity index (χ2n) is 10.6. The molecule has 2 aliphatic rings. The molecular weight excluding hydrogens is 635 g/mol. The van der Waals surface area contributed by atoms with Gasteiger partial charge in [0.25, 0.3) is 0 Å². The summed E-state index contributed by atoms with van der Waals surface area (Å²) in [4.78, 5) is 6.18. The molecule has 0 saturated heterocycles. The lowest BCUT2D eigenvalue weighted by atomic mass is 9.90. The summed E-state index contributed by atoms with van der Waals surface area (Å²) in [6.07, 6.45) is -17.5. The van der Waals surface area contributed by atoms with Gasteiger partial charge >= 0.3 is 24.3 Å². The van der Waals surface area contributed by atoms with Crippen LogP contribution in [0.25, 0.3) is 20.8 Å². The summed E-state index contributed by atoms with van der Waals surface area (Å²) in [5.74, 6) is -0.734. The molecule has 47 heavy (non-hydrogen) atoms. The third kappa shape index (κ3) is 5.41. The van der Waals surface area contributed by atoms with Crippen LogP contribution in [0.15, 0.2) is 71.1 Å². The van der Waals surface area contributed by atoms with Gasteiger partial charge in [-0.05, 0) is 74.9 Å². The smallest absolute Gasteiger partial charge is 0.192 e. The van der Waals surface area contributed by atoms with Gasteiger partial charge in [0.05, 0.1) is 22.3 Å². The molecule has 5 rings (SSSR count). The minimum absolute atomic E-state index is 0.0168. The summed E-state index contributed by atoms with van der Waals surface area (Å²) < 4.78 is 132. The predicted molar refractivity (Wildman–Crippen MR) is 149 cm³/mol. The summed E-state index contributed by atoms with van der Waals surface area (Å²) in [7, 11) is 0. The minimum atomic E-state index is -5.38. The Morgan fingerprint density at radius 2 is 1.04 bits per heavy atom. The quantitative estimate of drug-likeness (QED) is 0.161. The van der Waals surface area contributed by atoms with Crippen molar-refractivity contribution in [3.63, 3.8) is 0 Å². The maximum Gasteiger partial charge on any atom is 0.523 e. The van der Waals surface area contributed by atoms with Gasteiger partial charge in [-0.2, -0.15) is 59.7 Å². The van der Waals surface area contributed by atoms with Crippen LogP contribution < -0.4 is 10.4 Å². The molecule has 0 spiro atoms. The highest BCUT2D eigenvalue weighted by Gasteiger charge is 2.48. The normalized spacial score (nSPS) is 14.2. The van der Waals surface area contributed by atoms with Crippen LogP contribution >= 0.6 is 0 Å². The molecule has 4 nitrogen and oxygen atoms in total. The number of alkyl halides is 9. The SMILES string of the molecule is [C-]#[N+]C([N+]#[C-])=C1Cc2c(C(F)(F)F)c3c(c(C(F)(F)F)c2=C1c1ccc(C)cc1)CC(=C(C#N)C#N)C=3c1ccc(C(F)(F)F)cc1. The van der Waals surface area contributed by atoms with Gasteiger partial charge in [-0.1, -0.05) is 42.0 Å². The van der Waals surface area contributed by atoms with E-state index in [4.69, 9.17) is 13.1 Å². The Hall–Kier alpha value is -5.79. The zero-order chi connectivity index (χ0) is 34.6. The standard InChI is InChI=1S/C34H15F9N4/c1-16-4-6-17(7-5-16)26-24(31(46-2)47-3)13-23-28(26)29(33(38,39)40)22-12-21(19(14-44)15-45)25(27(22)30(23)34(41,42)43)18-8-10-20(11-9-18)32(35,36)37/h4-11H,12-13H2,1H3. The number of allylic oxidation sites excluding steroid dienone is 3. The van der Waals surface area contributed by atoms with Crippen molar-refractivity contribution in [2.24, 2.45) is 0 Å². The molecule has 0 saturated carbocycles. The first-order valence-electron chi connectivity index (χ1n) is 13.3. The van der Waals surface area contributed by atoms with E-state index in [0.29, 0.717) is 17.7 Å². The molecule has 3 aromatic rings. The number of hydrogen-bond acceptors (Lipinski definition) is 2. The van der Waals surface area contributed by atoms with Crippen molar-refractivity contribution in [2.45, 2.75) is 38.3 Å². The van der Waals surface area contributed by atoms with Crippen molar-refractivity contribution in [1.29, 1.82) is 10.5 Å². The second kappa shape index (κ2) is 11.2. The van der Waals surface area contributed by atoms with E-state index in [-0.39, 0.29) is 16.7 Å². The molecule has 0 N–H and O–H groups in total. The van der Waals surface area contributed by atoms with E-state index in [1.54, 1.807) is 6.92 Å². The predicted octanol–water partition coefficient (Wildman–Crippen LogP) is 7.96. The lowest BCUT2D eigenvalue weighted by molar-refractivity contribution is -0.143. The van der Waals surface area contributed by atoms with Crippen LogP contribution in [0.2, 0.25) is 0 Å². The van der Waals surface area contributed by atoms with Crippen LogP contribution in [0.4, 0.5) is 39.5 Å². The van der Waals surface area contributed by atoms with E-state index >= 15 is 26.3 Å². The molecule has 3 aromatic carbocycles. The second-order valence-corrected chi connectivity index (χ2v) is 10.6. The van der Waals surface area contributed by atoms with Gasteiger partial charge in [0, 0.05) is 6.42 Å². The van der Waals surface area contributed by atoms with Crippen LogP contribution in [-0.2, 0) is 31.4 Å². The fourth-order valence-electron chi connectivity index (χ4n) is 6.12. The number of nitriles is 2. The number of fused-ring (bicyclic) bond motifs is 2. The molecule has 0 unspecified atom stereocenters. The van der Waals surface area contributed by atoms with E-state index in [9.17, 15) is 23.7 Å². The van der Waals surface area contributed by atoms with Crippen molar-refractivity contribution in [3.8, 4) is 12.1 Å². The number of nitrogens with zero attached hydrogens (tertiary/aromatic N) is 4. The fraction of sp³-hybridized carbons (Fsp3) is 0.176. The Kier molecular flexibility index (Phi) is 7.79. The highest BCUT2D eigenvalue weighted by molar-refractivity contribution is 5.90. The number of rotatable bonds is 2. The highest BCUT2D eigenvalue weighted by atomic mass is 19.4. The van der Waals surface area contributed by atoms with Gasteiger partial charge in [0.15, 0.2) is 0 Å². The zero-order valence-corrected chi connectivity index (χ0v) is 23.7. The molecule has 0 bridgehead atoms. The van der Waals surface area contributed by atoms with Gasteiger partial charge in [-0.3, -0.25) is 0 Å². The summed E-state index contributed by atoms with van der Waals surface area (Å²) in [5, 5.41) is 17.4. The minimum Gasteiger partial charge on any atom is -0.192 e. The molecule has 2 aliphatic carbocycles. The number of halogens is 9. The third-order valence-corrected chi connectivity index (χ3v) is 7.93. The largest absolute Gasteiger partial charge is 0.523 e. The van der Waals surface area contributed by atoms with Crippen LogP contribution in [-0.4, -0.2) is 0 Å². The van der Waals surface area contributed by atoms with Crippen LogP contribution in [0.1, 0.15) is 44.5 Å². The van der Waals surface area contributed by atoms with E-state index in [0.717, 1.165) is 12.1 Å². The van der Waals surface area contributed by atoms with E-state index in [1.807, 2.05) is 0 Å². The number of hydrogen-bond donors (Lipinski definition) is 0. The number of benzene rings is 3. The Labute approximate surface area is 260 Å². The van der Waals surface area contributed by atoms with E-state index < -0.39 is 97.7 Å². The summed E-state index contributed by atoms with van der Waals surface area (Å²) in [6, 6.07) is 11.3. The van der Waals surface area contributed by atoms with Gasteiger partial charge in [-0.25, -0.2) is 0 Å². The van der Waals surface area contributed by atoms with Crippen LogP contribution in [0.3, 0.4) is 0 Å². The monoisotopic (exact) mass is 650 g/mol. The molecule has 0 radical (unpaired) electrons. The maximum absolute atomic E-state index is 15.3.